The first-order valence-corrected chi connectivity index (χ1v) is 7.59. The van der Waals surface area contributed by atoms with Gasteiger partial charge in [-0.05, 0) is 17.7 Å². The largest absolute Gasteiger partial charge is 0.494 e. The molecule has 0 unspecified atom stereocenters. The van der Waals surface area contributed by atoms with Crippen LogP contribution in [0, 0.1) is 0 Å². The number of rotatable bonds is 5. The van der Waals surface area contributed by atoms with Crippen LogP contribution in [0.4, 0.5) is 5.69 Å². The van der Waals surface area contributed by atoms with Gasteiger partial charge in [0.25, 0.3) is 5.56 Å². The molecule has 0 bridgehead atoms. The molecule has 25 heavy (non-hydrogen) atoms. The summed E-state index contributed by atoms with van der Waals surface area (Å²) in [7, 11) is 0. The monoisotopic (exact) mass is 336 g/mol. The Balaban J connectivity index is 1.90. The maximum absolute atomic E-state index is 12.0. The molecule has 3 N–H and O–H groups in total. The lowest BCUT2D eigenvalue weighted by Crippen LogP contribution is -2.32. The van der Waals surface area contributed by atoms with Crippen molar-refractivity contribution >= 4 is 11.9 Å². The van der Waals surface area contributed by atoms with Gasteiger partial charge in [-0.1, -0.05) is 48.5 Å². The summed E-state index contributed by atoms with van der Waals surface area (Å²) in [5, 5.41) is 14.3. The fourth-order valence-electron chi connectivity index (χ4n) is 2.29. The molecule has 0 aliphatic carbocycles. The van der Waals surface area contributed by atoms with E-state index >= 15 is 0 Å². The number of anilines is 1. The standard InChI is InChI=1S/C18H16N4O3/c23-16-15(11-19-21-14-9-5-2-6-10-14)17(24)22(18(25)20-16)12-13-7-3-1-4-8-13/h1-11,21,24H,12H2,(H,20,23,25)/b19-11+. The number of H-pyrrole nitrogens is 1. The van der Waals surface area contributed by atoms with Crippen molar-refractivity contribution in [1.29, 1.82) is 0 Å². The highest BCUT2D eigenvalue weighted by molar-refractivity contribution is 5.82. The minimum absolute atomic E-state index is 0.0982. The first kappa shape index (κ1) is 16.3. The van der Waals surface area contributed by atoms with Crippen molar-refractivity contribution in [1.82, 2.24) is 9.55 Å². The fraction of sp³-hybridized carbons (Fsp3) is 0.0556. The molecule has 0 radical (unpaired) electrons. The first-order valence-electron chi connectivity index (χ1n) is 7.59. The highest BCUT2D eigenvalue weighted by Gasteiger charge is 2.12. The van der Waals surface area contributed by atoms with E-state index in [0.29, 0.717) is 0 Å². The highest BCUT2D eigenvalue weighted by atomic mass is 16.3. The molecule has 1 aromatic heterocycles. The minimum Gasteiger partial charge on any atom is -0.494 e. The zero-order valence-electron chi connectivity index (χ0n) is 13.2. The van der Waals surface area contributed by atoms with Crippen LogP contribution in [0.1, 0.15) is 11.1 Å². The Morgan fingerprint density at radius 2 is 1.68 bits per heavy atom. The summed E-state index contributed by atoms with van der Waals surface area (Å²) in [5.74, 6) is -0.434. The van der Waals surface area contributed by atoms with Crippen LogP contribution in [0.2, 0.25) is 0 Å². The molecule has 0 saturated heterocycles. The van der Waals surface area contributed by atoms with Gasteiger partial charge in [0.15, 0.2) is 0 Å². The van der Waals surface area contributed by atoms with Crippen LogP contribution in [-0.2, 0) is 6.54 Å². The Hall–Kier alpha value is -3.61. The van der Waals surface area contributed by atoms with E-state index in [1.165, 1.54) is 6.21 Å². The maximum atomic E-state index is 12.0. The Kier molecular flexibility index (Phi) is 4.75. The van der Waals surface area contributed by atoms with Gasteiger partial charge >= 0.3 is 5.69 Å². The Morgan fingerprint density at radius 3 is 2.36 bits per heavy atom. The van der Waals surface area contributed by atoms with Crippen LogP contribution in [-0.4, -0.2) is 20.9 Å². The Labute approximate surface area is 142 Å². The topological polar surface area (TPSA) is 99.5 Å². The van der Waals surface area contributed by atoms with Gasteiger partial charge < -0.3 is 5.11 Å². The molecular weight excluding hydrogens is 320 g/mol. The second-order valence-corrected chi connectivity index (χ2v) is 5.30. The van der Waals surface area contributed by atoms with Gasteiger partial charge in [-0.15, -0.1) is 0 Å². The number of aromatic nitrogens is 2. The lowest BCUT2D eigenvalue weighted by molar-refractivity contribution is 0.408. The maximum Gasteiger partial charge on any atom is 0.331 e. The average Bonchev–Trinajstić information content (AvgIpc) is 2.63. The smallest absolute Gasteiger partial charge is 0.331 e. The molecule has 3 aromatic rings. The second kappa shape index (κ2) is 7.31. The van der Waals surface area contributed by atoms with Crippen molar-refractivity contribution in [3.8, 4) is 5.88 Å². The summed E-state index contributed by atoms with van der Waals surface area (Å²) in [5.41, 5.74) is 2.81. The van der Waals surface area contributed by atoms with E-state index in [4.69, 9.17) is 0 Å². The number of hydrogen-bond acceptors (Lipinski definition) is 5. The number of benzene rings is 2. The van der Waals surface area contributed by atoms with Crippen molar-refractivity contribution in [2.75, 3.05) is 5.43 Å². The van der Waals surface area contributed by atoms with Gasteiger partial charge in [0.2, 0.25) is 5.88 Å². The van der Waals surface area contributed by atoms with Crippen LogP contribution in [0.15, 0.2) is 75.4 Å². The summed E-state index contributed by atoms with van der Waals surface area (Å²) in [6, 6.07) is 18.3. The van der Waals surface area contributed by atoms with Gasteiger partial charge in [-0.2, -0.15) is 5.10 Å². The van der Waals surface area contributed by atoms with Crippen LogP contribution in [0.5, 0.6) is 5.88 Å². The number of hydrazone groups is 1. The molecule has 1 heterocycles. The molecular formula is C18H16N4O3. The number of nitrogens with one attached hydrogen (secondary N) is 2. The first-order chi connectivity index (χ1) is 12.1. The van der Waals surface area contributed by atoms with Gasteiger partial charge in [-0.3, -0.25) is 19.8 Å². The van der Waals surface area contributed by atoms with E-state index in [1.54, 1.807) is 12.1 Å². The summed E-state index contributed by atoms with van der Waals surface area (Å²) >= 11 is 0. The van der Waals surface area contributed by atoms with E-state index < -0.39 is 17.1 Å². The minimum atomic E-state index is -0.703. The quantitative estimate of drug-likeness (QED) is 0.488. The Bertz CT molecular complexity index is 992. The SMILES string of the molecule is O=c1[nH]c(=O)n(Cc2ccccc2)c(O)c1/C=N/Nc1ccccc1. The molecule has 0 atom stereocenters. The van der Waals surface area contributed by atoms with Crippen molar-refractivity contribution in [3.05, 3.63) is 92.6 Å². The van der Waals surface area contributed by atoms with Crippen molar-refractivity contribution < 1.29 is 5.11 Å². The fourth-order valence-corrected chi connectivity index (χ4v) is 2.29. The molecule has 0 amide bonds. The normalized spacial score (nSPS) is 10.9. The molecule has 0 fully saturated rings. The van der Waals surface area contributed by atoms with Gasteiger partial charge in [0.05, 0.1) is 18.4 Å². The summed E-state index contributed by atoms with van der Waals surface area (Å²) < 4.78 is 1.08. The Morgan fingerprint density at radius 1 is 1.04 bits per heavy atom. The van der Waals surface area contributed by atoms with Gasteiger partial charge in [-0.25, -0.2) is 4.79 Å². The van der Waals surface area contributed by atoms with Crippen molar-refractivity contribution in [2.24, 2.45) is 5.10 Å². The van der Waals surface area contributed by atoms with Gasteiger partial charge in [0, 0.05) is 0 Å². The lowest BCUT2D eigenvalue weighted by Gasteiger charge is -2.09. The zero-order chi connectivity index (χ0) is 17.6. The predicted octanol–water partition coefficient (Wildman–Crippen LogP) is 1.74. The molecule has 2 aromatic carbocycles. The molecule has 126 valence electrons. The second-order valence-electron chi connectivity index (χ2n) is 5.30. The van der Waals surface area contributed by atoms with Crippen LogP contribution in [0.25, 0.3) is 0 Å². The van der Waals surface area contributed by atoms with E-state index in [9.17, 15) is 14.7 Å². The predicted molar refractivity (Wildman–Crippen MR) is 96.2 cm³/mol. The molecule has 3 rings (SSSR count). The number of nitrogens with zero attached hydrogens (tertiary/aromatic N) is 2. The van der Waals surface area contributed by atoms with Crippen LogP contribution in [0.3, 0.4) is 0 Å². The number of aromatic hydroxyl groups is 1. The van der Waals surface area contributed by atoms with E-state index in [1.807, 2.05) is 48.5 Å². The summed E-state index contributed by atoms with van der Waals surface area (Å²) in [6.45, 7) is 0.134. The van der Waals surface area contributed by atoms with E-state index in [2.05, 4.69) is 15.5 Å². The third-order valence-electron chi connectivity index (χ3n) is 3.55. The molecule has 0 saturated carbocycles. The number of para-hydroxylation sites is 1. The number of hydrogen-bond donors (Lipinski definition) is 3. The summed E-state index contributed by atoms with van der Waals surface area (Å²) in [6.07, 6.45) is 1.18. The average molecular weight is 336 g/mol. The molecule has 0 aliphatic heterocycles. The third kappa shape index (κ3) is 3.84. The zero-order valence-corrected chi connectivity index (χ0v) is 13.2. The van der Waals surface area contributed by atoms with Crippen molar-refractivity contribution in [3.63, 3.8) is 0 Å². The van der Waals surface area contributed by atoms with Crippen molar-refractivity contribution in [2.45, 2.75) is 6.54 Å². The van der Waals surface area contributed by atoms with Gasteiger partial charge in [0.1, 0.15) is 5.56 Å². The summed E-state index contributed by atoms with van der Waals surface area (Å²) in [4.78, 5) is 26.1. The third-order valence-corrected chi connectivity index (χ3v) is 3.55. The van der Waals surface area contributed by atoms with Crippen LogP contribution < -0.4 is 16.7 Å². The molecule has 0 spiro atoms. The van der Waals surface area contributed by atoms with E-state index in [-0.39, 0.29) is 12.1 Å². The highest BCUT2D eigenvalue weighted by Crippen LogP contribution is 2.11. The molecule has 7 heteroatoms. The van der Waals surface area contributed by atoms with Crippen LogP contribution >= 0.6 is 0 Å². The molecule has 7 nitrogen and oxygen atoms in total. The molecule has 0 aliphatic rings. The lowest BCUT2D eigenvalue weighted by atomic mass is 10.2. The number of aromatic amines is 1. The van der Waals surface area contributed by atoms with E-state index in [0.717, 1.165) is 15.8 Å².